The first-order chi connectivity index (χ1) is 12.4. The van der Waals surface area contributed by atoms with E-state index in [4.69, 9.17) is 9.47 Å². The predicted molar refractivity (Wildman–Crippen MR) is 96.2 cm³/mol. The van der Waals surface area contributed by atoms with Crippen molar-refractivity contribution in [2.45, 2.75) is 58.6 Å². The number of carbonyl (C=O) groups is 2. The molecule has 0 aliphatic carbocycles. The Morgan fingerprint density at radius 2 is 2.08 bits per heavy atom. The van der Waals surface area contributed by atoms with Crippen molar-refractivity contribution < 1.29 is 24.2 Å². The molecule has 3 atom stereocenters. The van der Waals surface area contributed by atoms with E-state index in [0.29, 0.717) is 19.4 Å². The lowest BCUT2D eigenvalue weighted by Crippen LogP contribution is -2.51. The zero-order chi connectivity index (χ0) is 19.1. The summed E-state index contributed by atoms with van der Waals surface area (Å²) >= 11 is 0. The third-order valence-electron chi connectivity index (χ3n) is 4.33. The summed E-state index contributed by atoms with van der Waals surface area (Å²) in [6.07, 6.45) is -0.641. The first-order valence-electron chi connectivity index (χ1n) is 8.94. The van der Waals surface area contributed by atoms with Gasteiger partial charge in [0.25, 0.3) is 0 Å². The quantitative estimate of drug-likeness (QED) is 0.686. The summed E-state index contributed by atoms with van der Waals surface area (Å²) in [7, 11) is 0. The fourth-order valence-corrected chi connectivity index (χ4v) is 2.80. The van der Waals surface area contributed by atoms with Gasteiger partial charge < -0.3 is 25.2 Å². The van der Waals surface area contributed by atoms with Gasteiger partial charge in [-0.25, -0.2) is 4.79 Å². The number of nitrogens with one attached hydrogen (secondary N) is 2. The molecule has 1 aromatic carbocycles. The largest absolute Gasteiger partial charge is 0.445 e. The number of benzene rings is 1. The molecule has 7 nitrogen and oxygen atoms in total. The van der Waals surface area contributed by atoms with Crippen LogP contribution in [0.1, 0.15) is 37.8 Å². The Morgan fingerprint density at radius 1 is 1.35 bits per heavy atom. The maximum atomic E-state index is 12.5. The molecule has 2 rings (SSSR count). The van der Waals surface area contributed by atoms with Crippen molar-refractivity contribution in [1.29, 1.82) is 0 Å². The predicted octanol–water partition coefficient (Wildman–Crippen LogP) is 1.86. The van der Waals surface area contributed by atoms with E-state index < -0.39 is 24.5 Å². The summed E-state index contributed by atoms with van der Waals surface area (Å²) in [4.78, 5) is 24.6. The molecule has 1 heterocycles. The molecule has 3 N–H and O–H groups in total. The van der Waals surface area contributed by atoms with Crippen LogP contribution in [-0.2, 0) is 20.9 Å². The van der Waals surface area contributed by atoms with Crippen LogP contribution in [0.2, 0.25) is 0 Å². The minimum atomic E-state index is -1.01. The van der Waals surface area contributed by atoms with E-state index in [1.54, 1.807) is 0 Å². The number of alkyl carbamates (subject to hydrolysis) is 1. The molecular formula is C19H28N2O5. The molecule has 2 amide bonds. The minimum Gasteiger partial charge on any atom is -0.445 e. The molecule has 1 aromatic rings. The number of ether oxygens (including phenoxy) is 2. The Bertz CT molecular complexity index is 620. The van der Waals surface area contributed by atoms with E-state index in [1.165, 1.54) is 0 Å². The highest BCUT2D eigenvalue weighted by atomic mass is 16.6. The Hall–Kier alpha value is -2.12. The molecule has 1 aliphatic heterocycles. The Balaban J connectivity index is 1.90. The van der Waals surface area contributed by atoms with E-state index in [0.717, 1.165) is 11.1 Å². The summed E-state index contributed by atoms with van der Waals surface area (Å²) in [6, 6.07) is 6.45. The molecule has 0 bridgehead atoms. The van der Waals surface area contributed by atoms with Crippen molar-refractivity contribution in [2.24, 2.45) is 5.92 Å². The normalized spacial score (nSPS) is 20.7. The SMILES string of the molecule is Cc1ccccc1COC(=O)N[C@@H](CC(C)C)C(=O)N[C@H]1CCOC1O. The van der Waals surface area contributed by atoms with Crippen LogP contribution in [-0.4, -0.2) is 42.1 Å². The number of rotatable bonds is 7. The van der Waals surface area contributed by atoms with Crippen molar-refractivity contribution in [3.05, 3.63) is 35.4 Å². The molecular weight excluding hydrogens is 336 g/mol. The number of carbonyl (C=O) groups excluding carboxylic acids is 2. The highest BCUT2D eigenvalue weighted by Gasteiger charge is 2.31. The topological polar surface area (TPSA) is 96.9 Å². The molecule has 144 valence electrons. The van der Waals surface area contributed by atoms with Crippen LogP contribution in [0.25, 0.3) is 0 Å². The first kappa shape index (κ1) is 20.2. The van der Waals surface area contributed by atoms with Crippen molar-refractivity contribution in [1.82, 2.24) is 10.6 Å². The molecule has 1 aliphatic rings. The average molecular weight is 364 g/mol. The van der Waals surface area contributed by atoms with Gasteiger partial charge in [-0.3, -0.25) is 4.79 Å². The fourth-order valence-electron chi connectivity index (χ4n) is 2.80. The third kappa shape index (κ3) is 6.00. The number of aryl methyl sites for hydroxylation is 1. The Morgan fingerprint density at radius 3 is 2.69 bits per heavy atom. The smallest absolute Gasteiger partial charge is 0.408 e. The molecule has 0 spiro atoms. The molecule has 0 saturated carbocycles. The number of hydrogen-bond donors (Lipinski definition) is 3. The number of aliphatic hydroxyl groups is 1. The van der Waals surface area contributed by atoms with Crippen LogP contribution in [0.4, 0.5) is 4.79 Å². The van der Waals surface area contributed by atoms with Crippen LogP contribution in [0.5, 0.6) is 0 Å². The van der Waals surface area contributed by atoms with Crippen molar-refractivity contribution in [2.75, 3.05) is 6.61 Å². The lowest BCUT2D eigenvalue weighted by atomic mass is 10.0. The number of amides is 2. The molecule has 26 heavy (non-hydrogen) atoms. The van der Waals surface area contributed by atoms with Crippen LogP contribution in [0, 0.1) is 12.8 Å². The number of hydrogen-bond acceptors (Lipinski definition) is 5. The Kier molecular flexibility index (Phi) is 7.41. The van der Waals surface area contributed by atoms with Gasteiger partial charge in [0.15, 0.2) is 6.29 Å². The van der Waals surface area contributed by atoms with E-state index in [1.807, 2.05) is 45.0 Å². The fraction of sp³-hybridized carbons (Fsp3) is 0.579. The molecule has 1 fully saturated rings. The van der Waals surface area contributed by atoms with Crippen molar-refractivity contribution >= 4 is 12.0 Å². The monoisotopic (exact) mass is 364 g/mol. The summed E-state index contributed by atoms with van der Waals surface area (Å²) in [5.74, 6) is -0.145. The Labute approximate surface area is 154 Å². The second-order valence-corrected chi connectivity index (χ2v) is 6.99. The zero-order valence-corrected chi connectivity index (χ0v) is 15.5. The van der Waals surface area contributed by atoms with Crippen LogP contribution in [0.3, 0.4) is 0 Å². The summed E-state index contributed by atoms with van der Waals surface area (Å²) in [6.45, 7) is 6.42. The lowest BCUT2D eigenvalue weighted by molar-refractivity contribution is -0.127. The van der Waals surface area contributed by atoms with Crippen molar-refractivity contribution in [3.63, 3.8) is 0 Å². The highest BCUT2D eigenvalue weighted by molar-refractivity contribution is 5.85. The van der Waals surface area contributed by atoms with Gasteiger partial charge in [0, 0.05) is 0 Å². The van der Waals surface area contributed by atoms with E-state index >= 15 is 0 Å². The van der Waals surface area contributed by atoms with Crippen molar-refractivity contribution in [3.8, 4) is 0 Å². The first-order valence-corrected chi connectivity index (χ1v) is 8.94. The average Bonchev–Trinajstić information content (AvgIpc) is 2.98. The minimum absolute atomic E-state index is 0.143. The third-order valence-corrected chi connectivity index (χ3v) is 4.33. The van der Waals surface area contributed by atoms with E-state index in [2.05, 4.69) is 10.6 Å². The van der Waals surface area contributed by atoms with Gasteiger partial charge in [0.2, 0.25) is 5.91 Å². The zero-order valence-electron chi connectivity index (χ0n) is 15.5. The second kappa shape index (κ2) is 9.54. The molecule has 0 aromatic heterocycles. The van der Waals surface area contributed by atoms with Crippen LogP contribution >= 0.6 is 0 Å². The number of aliphatic hydroxyl groups excluding tert-OH is 1. The molecule has 1 unspecified atom stereocenters. The maximum Gasteiger partial charge on any atom is 0.408 e. The molecule has 0 radical (unpaired) electrons. The van der Waals surface area contributed by atoms with Crippen LogP contribution in [0.15, 0.2) is 24.3 Å². The van der Waals surface area contributed by atoms with Gasteiger partial charge in [0.05, 0.1) is 12.6 Å². The van der Waals surface area contributed by atoms with E-state index in [9.17, 15) is 14.7 Å². The van der Waals surface area contributed by atoms with Gasteiger partial charge >= 0.3 is 6.09 Å². The van der Waals surface area contributed by atoms with Gasteiger partial charge in [0.1, 0.15) is 12.6 Å². The highest BCUT2D eigenvalue weighted by Crippen LogP contribution is 2.13. The molecule has 1 saturated heterocycles. The standard InChI is InChI=1S/C19H28N2O5/c1-12(2)10-16(17(22)20-15-8-9-25-18(15)23)21-19(24)26-11-14-7-5-4-6-13(14)3/h4-7,12,15-16,18,23H,8-11H2,1-3H3,(H,20,22)(H,21,24)/t15-,16-,18?/m0/s1. The molecule has 7 heteroatoms. The van der Waals surface area contributed by atoms with E-state index in [-0.39, 0.29) is 18.4 Å². The van der Waals surface area contributed by atoms with Gasteiger partial charge in [-0.05, 0) is 36.8 Å². The van der Waals surface area contributed by atoms with Gasteiger partial charge in [-0.2, -0.15) is 0 Å². The lowest BCUT2D eigenvalue weighted by Gasteiger charge is -2.23. The summed E-state index contributed by atoms with van der Waals surface area (Å²) in [5, 5.41) is 15.0. The second-order valence-electron chi connectivity index (χ2n) is 6.99. The summed E-state index contributed by atoms with van der Waals surface area (Å²) < 4.78 is 10.3. The maximum absolute atomic E-state index is 12.5. The van der Waals surface area contributed by atoms with Crippen LogP contribution < -0.4 is 10.6 Å². The summed E-state index contributed by atoms with van der Waals surface area (Å²) in [5.41, 5.74) is 1.95. The van der Waals surface area contributed by atoms with Gasteiger partial charge in [-0.15, -0.1) is 0 Å². The van der Waals surface area contributed by atoms with Gasteiger partial charge in [-0.1, -0.05) is 38.1 Å².